The minimum absolute atomic E-state index is 0.286. The molecule has 0 fully saturated rings. The van der Waals surface area contributed by atoms with Gasteiger partial charge in [0.05, 0.1) is 23.8 Å². The number of aliphatic hydroxyl groups is 1. The molecule has 2 aliphatic carbocycles. The summed E-state index contributed by atoms with van der Waals surface area (Å²) in [5.41, 5.74) is 9.15. The molecule has 10 rings (SSSR count). The lowest BCUT2D eigenvalue weighted by Crippen LogP contribution is -2.32. The molecule has 8 aromatic rings. The number of esters is 1. The summed E-state index contributed by atoms with van der Waals surface area (Å²) in [6.07, 6.45) is 4.86. The zero-order valence-electron chi connectivity index (χ0n) is 37.8. The molecule has 0 bridgehead atoms. The minimum atomic E-state index is -0.874. The number of rotatable bonds is 2. The zero-order valence-corrected chi connectivity index (χ0v) is 42.5. The fraction of sp³-hybridized carbons (Fsp3) is 0.211. The lowest BCUT2D eigenvalue weighted by Gasteiger charge is -2.30. The van der Waals surface area contributed by atoms with E-state index < -0.39 is 11.6 Å². The van der Waals surface area contributed by atoms with E-state index in [-0.39, 0.29) is 5.97 Å². The summed E-state index contributed by atoms with van der Waals surface area (Å²) in [6.45, 7) is 7.99. The molecular formula is C57H53Br3O6. The maximum Gasteiger partial charge on any atom is 0.338 e. The highest BCUT2D eigenvalue weighted by Crippen LogP contribution is 2.33. The van der Waals surface area contributed by atoms with E-state index in [4.69, 9.17) is 9.84 Å². The largest absolute Gasteiger partial charge is 0.478 e. The number of hydrogen-bond acceptors (Lipinski definition) is 5. The molecule has 0 amide bonds. The van der Waals surface area contributed by atoms with Crippen molar-refractivity contribution < 1.29 is 29.3 Å². The van der Waals surface area contributed by atoms with Crippen LogP contribution in [-0.4, -0.2) is 40.6 Å². The summed E-state index contributed by atoms with van der Waals surface area (Å²) < 4.78 is 8.12. The van der Waals surface area contributed by atoms with Gasteiger partial charge in [0.25, 0.3) is 0 Å². The van der Waals surface area contributed by atoms with E-state index in [0.29, 0.717) is 29.8 Å². The molecule has 1 unspecified atom stereocenters. The Bertz CT molecular complexity index is 3050. The lowest BCUT2D eigenvalue weighted by atomic mass is 9.82. The number of fused-ring (bicyclic) bond motifs is 5. The van der Waals surface area contributed by atoms with Crippen molar-refractivity contribution in [1.82, 2.24) is 0 Å². The van der Waals surface area contributed by atoms with Gasteiger partial charge in [0.2, 0.25) is 0 Å². The van der Waals surface area contributed by atoms with Gasteiger partial charge in [-0.15, -0.1) is 0 Å². The van der Waals surface area contributed by atoms with Gasteiger partial charge >= 0.3 is 11.9 Å². The molecule has 0 saturated heterocycles. The van der Waals surface area contributed by atoms with Crippen molar-refractivity contribution >= 4 is 97.8 Å². The average molecular weight is 1070 g/mol. The molecule has 0 heterocycles. The number of carbonyl (C=O) groups excluding carboxylic acids is 2. The number of carboxylic acid groups (broad SMARTS) is 1. The van der Waals surface area contributed by atoms with Gasteiger partial charge in [-0.2, -0.15) is 0 Å². The van der Waals surface area contributed by atoms with Crippen molar-refractivity contribution in [3.63, 3.8) is 0 Å². The summed E-state index contributed by atoms with van der Waals surface area (Å²) in [5, 5.41) is 25.3. The molecule has 0 aromatic heterocycles. The first-order valence-corrected chi connectivity index (χ1v) is 24.1. The topological polar surface area (TPSA) is 101 Å². The number of halogens is 3. The third-order valence-electron chi connectivity index (χ3n) is 11.7. The van der Waals surface area contributed by atoms with E-state index in [2.05, 4.69) is 109 Å². The molecule has 2 aliphatic rings. The molecule has 8 aromatic carbocycles. The van der Waals surface area contributed by atoms with Gasteiger partial charge < -0.3 is 14.9 Å². The van der Waals surface area contributed by atoms with Crippen LogP contribution in [0.5, 0.6) is 0 Å². The number of Topliss-reactive ketones (excluding diaryl/α,β-unsaturated/α-hetero) is 1. The number of aryl methyl sites for hydroxylation is 5. The predicted molar refractivity (Wildman–Crippen MR) is 280 cm³/mol. The van der Waals surface area contributed by atoms with E-state index in [9.17, 15) is 19.5 Å². The number of carbonyl (C=O) groups is 3. The van der Waals surface area contributed by atoms with Crippen molar-refractivity contribution in [1.29, 1.82) is 0 Å². The Balaban J connectivity index is 0.000000137. The van der Waals surface area contributed by atoms with Crippen molar-refractivity contribution in [2.75, 3.05) is 7.11 Å². The Hall–Kier alpha value is -5.45. The molecule has 66 heavy (non-hydrogen) atoms. The van der Waals surface area contributed by atoms with Crippen molar-refractivity contribution in [2.45, 2.75) is 71.8 Å². The molecule has 1 atom stereocenters. The first kappa shape index (κ1) is 50.0. The Morgan fingerprint density at radius 1 is 0.561 bits per heavy atom. The number of ether oxygens (including phenoxy) is 1. The zero-order chi connectivity index (χ0) is 47.5. The third-order valence-corrected chi connectivity index (χ3v) is 13.8. The SMILES string of the molecule is CC1(O)CCc2cccc(Br)c2C1.COC(=O)c1cccc2ccc(C)cc12.Cc1ccc2cccc(Br)c2c1.Cc1ccc2cccc(C(=O)O)c2c1.O=C1CCc2cccc(Br)c2C1. The van der Waals surface area contributed by atoms with Crippen molar-refractivity contribution in [2.24, 2.45) is 0 Å². The summed E-state index contributed by atoms with van der Waals surface area (Å²) in [4.78, 5) is 33.6. The highest BCUT2D eigenvalue weighted by atomic mass is 79.9. The minimum Gasteiger partial charge on any atom is -0.478 e. The van der Waals surface area contributed by atoms with E-state index in [1.165, 1.54) is 50.2 Å². The molecule has 0 spiro atoms. The van der Waals surface area contributed by atoms with Crippen LogP contribution in [0.25, 0.3) is 32.3 Å². The number of benzene rings is 8. The van der Waals surface area contributed by atoms with Crippen molar-refractivity contribution in [3.8, 4) is 0 Å². The van der Waals surface area contributed by atoms with Crippen LogP contribution in [0.2, 0.25) is 0 Å². The Morgan fingerprint density at radius 3 is 1.58 bits per heavy atom. The third kappa shape index (κ3) is 13.1. The van der Waals surface area contributed by atoms with Gasteiger partial charge in [-0.05, 0) is 132 Å². The molecule has 6 nitrogen and oxygen atoms in total. The number of hydrogen-bond donors (Lipinski definition) is 2. The van der Waals surface area contributed by atoms with Crippen LogP contribution in [-0.2, 0) is 35.2 Å². The number of aromatic carboxylic acids is 1. The Labute approximate surface area is 412 Å². The number of carboxylic acids is 1. The highest BCUT2D eigenvalue weighted by molar-refractivity contribution is 9.11. The maximum atomic E-state index is 11.5. The normalized spacial score (nSPS) is 14.7. The van der Waals surface area contributed by atoms with Crippen LogP contribution in [0.4, 0.5) is 0 Å². The Morgan fingerprint density at radius 2 is 1.02 bits per heavy atom. The van der Waals surface area contributed by atoms with Gasteiger partial charge in [0.15, 0.2) is 0 Å². The summed E-state index contributed by atoms with van der Waals surface area (Å²) >= 11 is 10.5. The van der Waals surface area contributed by atoms with Gasteiger partial charge in [0.1, 0.15) is 5.78 Å². The molecular weight excluding hydrogens is 1020 g/mol. The fourth-order valence-electron chi connectivity index (χ4n) is 8.10. The van der Waals surface area contributed by atoms with Gasteiger partial charge in [-0.3, -0.25) is 4.79 Å². The van der Waals surface area contributed by atoms with Gasteiger partial charge in [0, 0.05) is 32.7 Å². The van der Waals surface area contributed by atoms with E-state index >= 15 is 0 Å². The summed E-state index contributed by atoms with van der Waals surface area (Å²) in [5.74, 6) is -0.804. The van der Waals surface area contributed by atoms with Crippen LogP contribution in [0.3, 0.4) is 0 Å². The second kappa shape index (κ2) is 22.8. The van der Waals surface area contributed by atoms with E-state index in [0.717, 1.165) is 67.3 Å². The second-order valence-corrected chi connectivity index (χ2v) is 19.5. The van der Waals surface area contributed by atoms with Crippen LogP contribution >= 0.6 is 47.8 Å². The molecule has 2 N–H and O–H groups in total. The number of methoxy groups -OCH3 is 1. The summed E-state index contributed by atoms with van der Waals surface area (Å²) in [7, 11) is 1.40. The van der Waals surface area contributed by atoms with Crippen LogP contribution < -0.4 is 0 Å². The molecule has 0 saturated carbocycles. The van der Waals surface area contributed by atoms with Crippen LogP contribution in [0.15, 0.2) is 159 Å². The van der Waals surface area contributed by atoms with Crippen LogP contribution in [0, 0.1) is 20.8 Å². The average Bonchev–Trinajstić information content (AvgIpc) is 3.30. The van der Waals surface area contributed by atoms with Gasteiger partial charge in [-0.1, -0.05) is 180 Å². The maximum absolute atomic E-state index is 11.5. The Kier molecular flexibility index (Phi) is 17.3. The first-order chi connectivity index (χ1) is 31.5. The van der Waals surface area contributed by atoms with Crippen molar-refractivity contribution in [3.05, 3.63) is 209 Å². The first-order valence-electron chi connectivity index (χ1n) is 21.8. The van der Waals surface area contributed by atoms with Gasteiger partial charge in [-0.25, -0.2) is 9.59 Å². The number of ketones is 1. The van der Waals surface area contributed by atoms with E-state index in [1.807, 2.05) is 93.6 Å². The lowest BCUT2D eigenvalue weighted by molar-refractivity contribution is -0.118. The smallest absolute Gasteiger partial charge is 0.338 e. The predicted octanol–water partition coefficient (Wildman–Crippen LogP) is 14.9. The molecule has 9 heteroatoms. The second-order valence-electron chi connectivity index (χ2n) is 17.0. The van der Waals surface area contributed by atoms with E-state index in [1.54, 1.807) is 18.2 Å². The molecule has 338 valence electrons. The van der Waals surface area contributed by atoms with Crippen LogP contribution in [0.1, 0.15) is 79.4 Å². The molecule has 0 radical (unpaired) electrons. The fourth-order valence-corrected chi connectivity index (χ4v) is 9.69. The monoisotopic (exact) mass is 1070 g/mol. The summed E-state index contributed by atoms with van der Waals surface area (Å²) in [6, 6.07) is 47.9. The molecule has 0 aliphatic heterocycles. The highest BCUT2D eigenvalue weighted by Gasteiger charge is 2.28. The standard InChI is InChI=1S/C13H12O2.C12H10O2.C11H13BrO.C11H9Br.C10H9BrO/c1-9-6-7-10-4-3-5-11(12(10)8-9)13(14)15-2;1-8-5-6-9-3-2-4-10(12(13)14)11(9)7-8;1-11(13)6-5-8-3-2-4-10(12)9(8)7-11;1-8-5-6-9-3-2-4-11(12)10(9)7-8;11-10-3-1-2-7-4-5-8(12)6-9(7)10/h3-8H,1-2H3;2-7H,1H3,(H,13,14);2-4,13H,5-7H2,1H3;2-7H,1H3;1-3H,4-6H2. The quantitative estimate of drug-likeness (QED) is 0.167.